The molecule has 1 rings (SSSR count). The third-order valence-electron chi connectivity index (χ3n) is 2.23. The number of hydrazine groups is 1. The summed E-state index contributed by atoms with van der Waals surface area (Å²) in [5.74, 6) is 5.98. The maximum Gasteiger partial charge on any atom is 0.267 e. The van der Waals surface area contributed by atoms with Gasteiger partial charge in [-0.3, -0.25) is 9.80 Å². The van der Waals surface area contributed by atoms with Crippen LogP contribution in [0.2, 0.25) is 0 Å². The Morgan fingerprint density at radius 1 is 1.53 bits per heavy atom. The molecule has 0 unspecified atom stereocenters. The fourth-order valence-corrected chi connectivity index (χ4v) is 1.39. The highest BCUT2D eigenvalue weighted by Gasteiger charge is 2.10. The van der Waals surface area contributed by atoms with Crippen LogP contribution >= 0.6 is 0 Å². The number of nitrogens with zero attached hydrogens (tertiary/aromatic N) is 1. The third kappa shape index (κ3) is 2.47. The van der Waals surface area contributed by atoms with Gasteiger partial charge in [-0.15, -0.1) is 0 Å². The molecule has 0 saturated heterocycles. The molecule has 0 aliphatic heterocycles. The van der Waals surface area contributed by atoms with Gasteiger partial charge in [0.05, 0.1) is 7.11 Å². The zero-order valence-corrected chi connectivity index (χ0v) is 9.28. The number of nitrogens with two attached hydrogens (primary N) is 1. The highest BCUT2D eigenvalue weighted by Crippen LogP contribution is 2.20. The van der Waals surface area contributed by atoms with Crippen LogP contribution in [-0.2, 0) is 6.42 Å². The molecule has 0 aliphatic carbocycles. The van der Waals surface area contributed by atoms with E-state index >= 15 is 0 Å². The van der Waals surface area contributed by atoms with Crippen molar-refractivity contribution in [2.24, 2.45) is 5.84 Å². The zero-order valence-electron chi connectivity index (χ0n) is 9.28. The minimum Gasteiger partial charge on any atom is -0.496 e. The van der Waals surface area contributed by atoms with Crippen LogP contribution in [0.1, 0.15) is 22.8 Å². The van der Waals surface area contributed by atoms with E-state index in [1.165, 1.54) is 7.05 Å². The molecular formula is C11H16N2O2. The first-order valence-electron chi connectivity index (χ1n) is 4.79. The van der Waals surface area contributed by atoms with Gasteiger partial charge < -0.3 is 4.74 Å². The number of carbonyl (C=O) groups is 1. The maximum atomic E-state index is 11.6. The van der Waals surface area contributed by atoms with Crippen molar-refractivity contribution in [3.63, 3.8) is 0 Å². The van der Waals surface area contributed by atoms with Crippen molar-refractivity contribution >= 4 is 5.91 Å². The summed E-state index contributed by atoms with van der Waals surface area (Å²) in [6, 6.07) is 5.31. The van der Waals surface area contributed by atoms with Gasteiger partial charge in [0, 0.05) is 12.6 Å². The lowest BCUT2D eigenvalue weighted by Crippen LogP contribution is -2.33. The first kappa shape index (κ1) is 11.5. The summed E-state index contributed by atoms with van der Waals surface area (Å²) in [5.41, 5.74) is 1.59. The molecule has 0 spiro atoms. The van der Waals surface area contributed by atoms with E-state index in [4.69, 9.17) is 10.6 Å². The lowest BCUT2D eigenvalue weighted by molar-refractivity contribution is 0.0795. The number of amides is 1. The smallest absolute Gasteiger partial charge is 0.267 e. The number of aryl methyl sites for hydroxylation is 1. The quantitative estimate of drug-likeness (QED) is 0.461. The van der Waals surface area contributed by atoms with Crippen molar-refractivity contribution in [3.05, 3.63) is 29.3 Å². The molecule has 82 valence electrons. The minimum absolute atomic E-state index is 0.202. The van der Waals surface area contributed by atoms with Crippen LogP contribution < -0.4 is 10.6 Å². The van der Waals surface area contributed by atoms with E-state index in [1.54, 1.807) is 19.2 Å². The van der Waals surface area contributed by atoms with E-state index in [1.807, 2.05) is 13.0 Å². The highest BCUT2D eigenvalue weighted by atomic mass is 16.5. The van der Waals surface area contributed by atoms with Crippen molar-refractivity contribution in [2.75, 3.05) is 14.2 Å². The average Bonchev–Trinajstić information content (AvgIpc) is 2.26. The summed E-state index contributed by atoms with van der Waals surface area (Å²) >= 11 is 0. The van der Waals surface area contributed by atoms with Crippen molar-refractivity contribution in [1.29, 1.82) is 0 Å². The number of ether oxygens (including phenoxy) is 1. The zero-order chi connectivity index (χ0) is 11.4. The van der Waals surface area contributed by atoms with E-state index in [0.29, 0.717) is 5.56 Å². The lowest BCUT2D eigenvalue weighted by Gasteiger charge is -2.12. The predicted octanol–water partition coefficient (Wildman–Crippen LogP) is 1.20. The summed E-state index contributed by atoms with van der Waals surface area (Å²) in [4.78, 5) is 11.6. The van der Waals surface area contributed by atoms with Crippen LogP contribution in [0.15, 0.2) is 18.2 Å². The van der Waals surface area contributed by atoms with Gasteiger partial charge in [0.2, 0.25) is 0 Å². The van der Waals surface area contributed by atoms with E-state index in [9.17, 15) is 4.79 Å². The monoisotopic (exact) mass is 208 g/mol. The second-order valence-corrected chi connectivity index (χ2v) is 3.30. The molecule has 15 heavy (non-hydrogen) atoms. The second kappa shape index (κ2) is 4.79. The Balaban J connectivity index is 3.08. The van der Waals surface area contributed by atoms with Crippen LogP contribution in [0.3, 0.4) is 0 Å². The van der Waals surface area contributed by atoms with E-state index < -0.39 is 0 Å². The standard InChI is InChI=1S/C11H16N2O2/c1-4-8-7-9(11(14)13(2)12)5-6-10(8)15-3/h5-7H,4,12H2,1-3H3. The summed E-state index contributed by atoms with van der Waals surface area (Å²) in [7, 11) is 3.14. The maximum absolute atomic E-state index is 11.6. The Hall–Kier alpha value is -1.55. The number of benzene rings is 1. The molecule has 0 heterocycles. The van der Waals surface area contributed by atoms with Gasteiger partial charge >= 0.3 is 0 Å². The van der Waals surface area contributed by atoms with Crippen molar-refractivity contribution < 1.29 is 9.53 Å². The number of carbonyl (C=O) groups excluding carboxylic acids is 1. The summed E-state index contributed by atoms with van der Waals surface area (Å²) in [6.07, 6.45) is 0.818. The Morgan fingerprint density at radius 3 is 2.67 bits per heavy atom. The topological polar surface area (TPSA) is 55.6 Å². The number of rotatable bonds is 3. The van der Waals surface area contributed by atoms with Crippen LogP contribution in [0, 0.1) is 0 Å². The molecule has 4 heteroatoms. The Kier molecular flexibility index (Phi) is 3.68. The second-order valence-electron chi connectivity index (χ2n) is 3.30. The molecule has 0 atom stereocenters. The lowest BCUT2D eigenvalue weighted by atomic mass is 10.1. The Bertz CT molecular complexity index is 362. The molecule has 0 saturated carbocycles. The van der Waals surface area contributed by atoms with Crippen LogP contribution in [-0.4, -0.2) is 25.1 Å². The molecule has 1 amide bonds. The number of hydrogen-bond acceptors (Lipinski definition) is 3. The fourth-order valence-electron chi connectivity index (χ4n) is 1.39. The Morgan fingerprint density at radius 2 is 2.20 bits per heavy atom. The molecule has 0 radical (unpaired) electrons. The third-order valence-corrected chi connectivity index (χ3v) is 2.23. The first-order chi connectivity index (χ1) is 7.10. The largest absolute Gasteiger partial charge is 0.496 e. The van der Waals surface area contributed by atoms with Gasteiger partial charge in [-0.1, -0.05) is 6.92 Å². The van der Waals surface area contributed by atoms with Crippen LogP contribution in [0.4, 0.5) is 0 Å². The number of hydrogen-bond donors (Lipinski definition) is 1. The summed E-state index contributed by atoms with van der Waals surface area (Å²) < 4.78 is 5.18. The van der Waals surface area contributed by atoms with Gasteiger partial charge in [0.1, 0.15) is 5.75 Å². The molecular weight excluding hydrogens is 192 g/mol. The summed E-state index contributed by atoms with van der Waals surface area (Å²) in [6.45, 7) is 2.01. The molecule has 0 bridgehead atoms. The van der Waals surface area contributed by atoms with E-state index in [0.717, 1.165) is 22.7 Å². The highest BCUT2D eigenvalue weighted by molar-refractivity contribution is 5.94. The molecule has 0 fully saturated rings. The van der Waals surface area contributed by atoms with E-state index in [-0.39, 0.29) is 5.91 Å². The molecule has 1 aromatic rings. The van der Waals surface area contributed by atoms with Gasteiger partial charge in [-0.2, -0.15) is 0 Å². The molecule has 1 aromatic carbocycles. The number of methoxy groups -OCH3 is 1. The predicted molar refractivity (Wildman–Crippen MR) is 58.7 cm³/mol. The van der Waals surface area contributed by atoms with Gasteiger partial charge in [-0.05, 0) is 30.2 Å². The van der Waals surface area contributed by atoms with Crippen LogP contribution in [0.5, 0.6) is 5.75 Å². The first-order valence-corrected chi connectivity index (χ1v) is 4.79. The summed E-state index contributed by atoms with van der Waals surface area (Å²) in [5, 5.41) is 1.07. The van der Waals surface area contributed by atoms with Crippen molar-refractivity contribution in [1.82, 2.24) is 5.01 Å². The minimum atomic E-state index is -0.202. The van der Waals surface area contributed by atoms with Gasteiger partial charge in [-0.25, -0.2) is 5.84 Å². The molecule has 0 aliphatic rings. The van der Waals surface area contributed by atoms with Gasteiger partial charge in [0.25, 0.3) is 5.91 Å². The van der Waals surface area contributed by atoms with E-state index in [2.05, 4.69) is 0 Å². The fraction of sp³-hybridized carbons (Fsp3) is 0.364. The normalized spacial score (nSPS) is 9.87. The van der Waals surface area contributed by atoms with Crippen LogP contribution in [0.25, 0.3) is 0 Å². The van der Waals surface area contributed by atoms with Crippen molar-refractivity contribution in [3.8, 4) is 5.75 Å². The molecule has 2 N–H and O–H groups in total. The molecule has 4 nitrogen and oxygen atoms in total. The average molecular weight is 208 g/mol. The molecule has 0 aromatic heterocycles. The Labute approximate surface area is 89.6 Å². The van der Waals surface area contributed by atoms with Crippen molar-refractivity contribution in [2.45, 2.75) is 13.3 Å². The van der Waals surface area contributed by atoms with Gasteiger partial charge in [0.15, 0.2) is 0 Å². The SMILES string of the molecule is CCc1cc(C(=O)N(C)N)ccc1OC.